The highest BCUT2D eigenvalue weighted by Gasteiger charge is 2.19. The SMILES string of the molecule is CC(C)CNCc1cc(N2CCCCCC2C)ncc1Cl. The first-order valence-corrected chi connectivity index (χ1v) is 8.57. The fourth-order valence-electron chi connectivity index (χ4n) is 2.87. The average molecular weight is 310 g/mol. The first kappa shape index (κ1) is 16.6. The van der Waals surface area contributed by atoms with Crippen molar-refractivity contribution in [1.29, 1.82) is 0 Å². The number of nitrogens with zero attached hydrogens (tertiary/aromatic N) is 2. The van der Waals surface area contributed by atoms with Crippen LogP contribution in [0.25, 0.3) is 0 Å². The fraction of sp³-hybridized carbons (Fsp3) is 0.706. The van der Waals surface area contributed by atoms with Gasteiger partial charge in [-0.25, -0.2) is 4.98 Å². The van der Waals surface area contributed by atoms with Gasteiger partial charge in [-0.3, -0.25) is 0 Å². The van der Waals surface area contributed by atoms with E-state index in [4.69, 9.17) is 11.6 Å². The number of nitrogens with one attached hydrogen (secondary N) is 1. The lowest BCUT2D eigenvalue weighted by Crippen LogP contribution is -2.33. The Hall–Kier alpha value is -0.800. The highest BCUT2D eigenvalue weighted by Crippen LogP contribution is 2.25. The van der Waals surface area contributed by atoms with Crippen LogP contribution in [0.3, 0.4) is 0 Å². The second-order valence-electron chi connectivity index (χ2n) is 6.55. The lowest BCUT2D eigenvalue weighted by molar-refractivity contribution is 0.552. The van der Waals surface area contributed by atoms with Crippen molar-refractivity contribution >= 4 is 17.4 Å². The van der Waals surface area contributed by atoms with Crippen LogP contribution in [0.4, 0.5) is 5.82 Å². The van der Waals surface area contributed by atoms with E-state index < -0.39 is 0 Å². The maximum Gasteiger partial charge on any atom is 0.129 e. The van der Waals surface area contributed by atoms with Crippen LogP contribution in [0.15, 0.2) is 12.3 Å². The van der Waals surface area contributed by atoms with Crippen molar-refractivity contribution in [2.24, 2.45) is 5.92 Å². The Morgan fingerprint density at radius 1 is 1.38 bits per heavy atom. The van der Waals surface area contributed by atoms with Crippen molar-refractivity contribution in [2.45, 2.75) is 59.0 Å². The van der Waals surface area contributed by atoms with E-state index in [-0.39, 0.29) is 0 Å². The molecule has 118 valence electrons. The molecule has 1 N–H and O–H groups in total. The third-order valence-corrected chi connectivity index (χ3v) is 4.48. The first-order valence-electron chi connectivity index (χ1n) is 8.19. The Morgan fingerprint density at radius 2 is 2.19 bits per heavy atom. The first-order chi connectivity index (χ1) is 10.1. The molecule has 2 heterocycles. The van der Waals surface area contributed by atoms with E-state index in [0.29, 0.717) is 12.0 Å². The van der Waals surface area contributed by atoms with E-state index in [1.165, 1.54) is 25.7 Å². The molecule has 2 rings (SSSR count). The monoisotopic (exact) mass is 309 g/mol. The van der Waals surface area contributed by atoms with Gasteiger partial charge in [0.1, 0.15) is 5.82 Å². The van der Waals surface area contributed by atoms with Gasteiger partial charge in [-0.1, -0.05) is 38.3 Å². The molecule has 0 aromatic carbocycles. The maximum absolute atomic E-state index is 6.30. The molecule has 3 nitrogen and oxygen atoms in total. The van der Waals surface area contributed by atoms with Crippen LogP contribution < -0.4 is 10.2 Å². The number of pyridine rings is 1. The van der Waals surface area contributed by atoms with Gasteiger partial charge >= 0.3 is 0 Å². The zero-order valence-corrected chi connectivity index (χ0v) is 14.3. The zero-order valence-electron chi connectivity index (χ0n) is 13.5. The topological polar surface area (TPSA) is 28.2 Å². The summed E-state index contributed by atoms with van der Waals surface area (Å²) in [7, 11) is 0. The molecule has 1 fully saturated rings. The van der Waals surface area contributed by atoms with Crippen LogP contribution in [-0.4, -0.2) is 24.1 Å². The smallest absolute Gasteiger partial charge is 0.129 e. The molecule has 0 saturated carbocycles. The molecule has 1 atom stereocenters. The minimum atomic E-state index is 0.567. The summed E-state index contributed by atoms with van der Waals surface area (Å²) in [5, 5.41) is 4.23. The van der Waals surface area contributed by atoms with Crippen LogP contribution in [0.5, 0.6) is 0 Å². The molecule has 0 radical (unpaired) electrons. The van der Waals surface area contributed by atoms with Gasteiger partial charge in [-0.15, -0.1) is 0 Å². The molecule has 0 amide bonds. The molecule has 1 aromatic heterocycles. The Balaban J connectivity index is 2.09. The van der Waals surface area contributed by atoms with Crippen LogP contribution in [-0.2, 0) is 6.54 Å². The molecule has 0 aliphatic carbocycles. The summed E-state index contributed by atoms with van der Waals surface area (Å²) in [6.45, 7) is 9.66. The second kappa shape index (κ2) is 8.00. The molecular formula is C17H28ClN3. The number of anilines is 1. The van der Waals surface area contributed by atoms with Crippen molar-refractivity contribution < 1.29 is 0 Å². The zero-order chi connectivity index (χ0) is 15.2. The van der Waals surface area contributed by atoms with E-state index in [9.17, 15) is 0 Å². The molecule has 4 heteroatoms. The summed E-state index contributed by atoms with van der Waals surface area (Å²) in [5.74, 6) is 1.73. The number of halogens is 1. The molecule has 1 aliphatic heterocycles. The van der Waals surface area contributed by atoms with E-state index >= 15 is 0 Å². The van der Waals surface area contributed by atoms with E-state index in [1.54, 1.807) is 6.20 Å². The van der Waals surface area contributed by atoms with Crippen LogP contribution in [0.2, 0.25) is 5.02 Å². The van der Waals surface area contributed by atoms with Crippen molar-refractivity contribution in [3.8, 4) is 0 Å². The number of hydrogen-bond donors (Lipinski definition) is 1. The lowest BCUT2D eigenvalue weighted by atomic mass is 10.1. The number of hydrogen-bond acceptors (Lipinski definition) is 3. The Bertz CT molecular complexity index is 448. The van der Waals surface area contributed by atoms with Gasteiger partial charge in [-0.2, -0.15) is 0 Å². The quantitative estimate of drug-likeness (QED) is 0.881. The molecule has 0 bridgehead atoms. The van der Waals surface area contributed by atoms with Crippen LogP contribution in [0.1, 0.15) is 52.0 Å². The van der Waals surface area contributed by atoms with Gasteiger partial charge in [0.25, 0.3) is 0 Å². The van der Waals surface area contributed by atoms with Gasteiger partial charge < -0.3 is 10.2 Å². The summed E-state index contributed by atoms with van der Waals surface area (Å²) in [4.78, 5) is 7.00. The number of aromatic nitrogens is 1. The van der Waals surface area contributed by atoms with E-state index in [0.717, 1.165) is 36.0 Å². The third-order valence-electron chi connectivity index (χ3n) is 4.14. The second-order valence-corrected chi connectivity index (χ2v) is 6.96. The summed E-state index contributed by atoms with van der Waals surface area (Å²) >= 11 is 6.30. The minimum Gasteiger partial charge on any atom is -0.354 e. The van der Waals surface area contributed by atoms with Gasteiger partial charge in [0, 0.05) is 25.3 Å². The molecule has 0 spiro atoms. The maximum atomic E-state index is 6.30. The molecular weight excluding hydrogens is 282 g/mol. The van der Waals surface area contributed by atoms with Crippen LogP contribution in [0, 0.1) is 5.92 Å². The highest BCUT2D eigenvalue weighted by molar-refractivity contribution is 6.31. The molecule has 1 aliphatic rings. The standard InChI is InChI=1S/C17H28ClN3/c1-13(2)10-19-11-15-9-17(20-12-16(15)18)21-8-6-4-5-7-14(21)3/h9,12-14,19H,4-8,10-11H2,1-3H3. The summed E-state index contributed by atoms with van der Waals surface area (Å²) < 4.78 is 0. The predicted molar refractivity (Wildman–Crippen MR) is 91.1 cm³/mol. The van der Waals surface area contributed by atoms with E-state index in [1.807, 2.05) is 0 Å². The molecule has 21 heavy (non-hydrogen) atoms. The molecule has 1 unspecified atom stereocenters. The Labute approximate surface area is 134 Å². The van der Waals surface area contributed by atoms with Crippen molar-refractivity contribution in [3.63, 3.8) is 0 Å². The largest absolute Gasteiger partial charge is 0.354 e. The highest BCUT2D eigenvalue weighted by atomic mass is 35.5. The Kier molecular flexibility index (Phi) is 6.31. The number of rotatable bonds is 5. The molecule has 1 saturated heterocycles. The molecule has 1 aromatic rings. The van der Waals surface area contributed by atoms with Gasteiger partial charge in [0.05, 0.1) is 5.02 Å². The lowest BCUT2D eigenvalue weighted by Gasteiger charge is -2.28. The van der Waals surface area contributed by atoms with Crippen molar-refractivity contribution in [1.82, 2.24) is 10.3 Å². The minimum absolute atomic E-state index is 0.567. The third kappa shape index (κ3) is 4.86. The van der Waals surface area contributed by atoms with Gasteiger partial charge in [0.2, 0.25) is 0 Å². The van der Waals surface area contributed by atoms with E-state index in [2.05, 4.69) is 42.0 Å². The summed E-state index contributed by atoms with van der Waals surface area (Å²) in [6.07, 6.45) is 6.98. The summed E-state index contributed by atoms with van der Waals surface area (Å²) in [5.41, 5.74) is 1.15. The van der Waals surface area contributed by atoms with Gasteiger partial charge in [0.15, 0.2) is 0 Å². The van der Waals surface area contributed by atoms with Crippen molar-refractivity contribution in [3.05, 3.63) is 22.8 Å². The van der Waals surface area contributed by atoms with Gasteiger partial charge in [-0.05, 0) is 43.9 Å². The summed E-state index contributed by atoms with van der Waals surface area (Å²) in [6, 6.07) is 2.73. The average Bonchev–Trinajstić information content (AvgIpc) is 2.65. The normalized spacial score (nSPS) is 19.9. The van der Waals surface area contributed by atoms with Crippen LogP contribution >= 0.6 is 11.6 Å². The van der Waals surface area contributed by atoms with Crippen molar-refractivity contribution in [2.75, 3.05) is 18.0 Å². The Morgan fingerprint density at radius 3 is 2.95 bits per heavy atom. The fourth-order valence-corrected chi connectivity index (χ4v) is 3.04. The predicted octanol–water partition coefficient (Wildman–Crippen LogP) is 4.25.